The second-order valence-electron chi connectivity index (χ2n) is 6.62. The highest BCUT2D eigenvalue weighted by Crippen LogP contribution is 2.33. The molecule has 1 aromatic rings. The standard InChI is InChI=1S/C17H25N3O2S.ClH/c18-10-12-2-1-3-15(12)17(22)20-7-4-14(5-8-20)19-16(21)13-6-9-23-11-13;/h6,9,11-12,14-15H,1-5,7-8,10,18H2,(H,19,21);1H/t12-,15-;/m1./s1. The Morgan fingerprint density at radius 2 is 2.00 bits per heavy atom. The number of hydrogen-bond donors (Lipinski definition) is 2. The molecule has 5 nitrogen and oxygen atoms in total. The highest BCUT2D eigenvalue weighted by atomic mass is 35.5. The fourth-order valence-electron chi connectivity index (χ4n) is 3.79. The number of nitrogens with two attached hydrogens (primary N) is 1. The quantitative estimate of drug-likeness (QED) is 0.852. The summed E-state index contributed by atoms with van der Waals surface area (Å²) in [5, 5.41) is 6.85. The average Bonchev–Trinajstić information content (AvgIpc) is 3.26. The summed E-state index contributed by atoms with van der Waals surface area (Å²) in [6.45, 7) is 2.09. The molecule has 1 saturated carbocycles. The minimum Gasteiger partial charge on any atom is -0.349 e. The van der Waals surface area contributed by atoms with E-state index in [1.807, 2.05) is 21.7 Å². The van der Waals surface area contributed by atoms with Crippen LogP contribution in [-0.2, 0) is 4.79 Å². The lowest BCUT2D eigenvalue weighted by atomic mass is 9.93. The number of halogens is 1. The molecular formula is C17H26ClN3O2S. The molecule has 1 aliphatic heterocycles. The maximum absolute atomic E-state index is 12.7. The second-order valence-corrected chi connectivity index (χ2v) is 7.40. The van der Waals surface area contributed by atoms with Crippen molar-refractivity contribution >= 4 is 35.6 Å². The third-order valence-corrected chi connectivity index (χ3v) is 5.89. The molecular weight excluding hydrogens is 346 g/mol. The minimum atomic E-state index is -0.00462. The van der Waals surface area contributed by atoms with Crippen molar-refractivity contribution < 1.29 is 9.59 Å². The molecule has 24 heavy (non-hydrogen) atoms. The molecule has 0 spiro atoms. The molecule has 2 heterocycles. The van der Waals surface area contributed by atoms with Gasteiger partial charge in [0.15, 0.2) is 0 Å². The zero-order valence-corrected chi connectivity index (χ0v) is 15.4. The molecule has 0 unspecified atom stereocenters. The van der Waals surface area contributed by atoms with E-state index < -0.39 is 0 Å². The van der Waals surface area contributed by atoms with Crippen LogP contribution in [0.15, 0.2) is 16.8 Å². The van der Waals surface area contributed by atoms with Crippen LogP contribution in [0.4, 0.5) is 0 Å². The van der Waals surface area contributed by atoms with Crippen molar-refractivity contribution in [3.63, 3.8) is 0 Å². The van der Waals surface area contributed by atoms with Crippen molar-refractivity contribution in [2.75, 3.05) is 19.6 Å². The van der Waals surface area contributed by atoms with Gasteiger partial charge in [-0.3, -0.25) is 9.59 Å². The molecule has 2 atom stereocenters. The van der Waals surface area contributed by atoms with Crippen LogP contribution in [0, 0.1) is 11.8 Å². The van der Waals surface area contributed by atoms with E-state index in [1.54, 1.807) is 0 Å². The number of amides is 2. The molecule has 7 heteroatoms. The topological polar surface area (TPSA) is 75.4 Å². The van der Waals surface area contributed by atoms with Gasteiger partial charge in [-0.2, -0.15) is 11.3 Å². The first-order chi connectivity index (χ1) is 11.2. The second kappa shape index (κ2) is 8.83. The smallest absolute Gasteiger partial charge is 0.252 e. The number of likely N-dealkylation sites (tertiary alicyclic amines) is 1. The number of hydrogen-bond acceptors (Lipinski definition) is 4. The summed E-state index contributed by atoms with van der Waals surface area (Å²) in [7, 11) is 0. The Kier molecular flexibility index (Phi) is 7.07. The molecule has 0 radical (unpaired) electrons. The molecule has 134 valence electrons. The Labute approximate surface area is 153 Å². The Bertz CT molecular complexity index is 544. The van der Waals surface area contributed by atoms with Gasteiger partial charge in [0, 0.05) is 36.0 Å². The van der Waals surface area contributed by atoms with Crippen molar-refractivity contribution in [3.05, 3.63) is 22.4 Å². The molecule has 1 saturated heterocycles. The Morgan fingerprint density at radius 3 is 2.62 bits per heavy atom. The molecule has 0 bridgehead atoms. The van der Waals surface area contributed by atoms with Gasteiger partial charge in [0.05, 0.1) is 0 Å². The van der Waals surface area contributed by atoms with E-state index in [-0.39, 0.29) is 36.2 Å². The van der Waals surface area contributed by atoms with E-state index in [2.05, 4.69) is 5.32 Å². The number of carbonyl (C=O) groups is 2. The predicted octanol–water partition coefficient (Wildman–Crippen LogP) is 2.27. The summed E-state index contributed by atoms with van der Waals surface area (Å²) in [6, 6.07) is 2.01. The van der Waals surface area contributed by atoms with E-state index in [0.717, 1.165) is 50.8 Å². The van der Waals surface area contributed by atoms with Gasteiger partial charge in [0.1, 0.15) is 0 Å². The number of nitrogens with one attached hydrogen (secondary N) is 1. The van der Waals surface area contributed by atoms with E-state index in [9.17, 15) is 9.59 Å². The molecule has 2 aliphatic rings. The van der Waals surface area contributed by atoms with E-state index in [4.69, 9.17) is 5.73 Å². The number of rotatable bonds is 4. The number of carbonyl (C=O) groups excluding carboxylic acids is 2. The molecule has 2 fully saturated rings. The van der Waals surface area contributed by atoms with Gasteiger partial charge in [0.2, 0.25) is 5.91 Å². The van der Waals surface area contributed by atoms with Crippen molar-refractivity contribution in [3.8, 4) is 0 Å². The van der Waals surface area contributed by atoms with Gasteiger partial charge >= 0.3 is 0 Å². The van der Waals surface area contributed by atoms with Crippen molar-refractivity contribution in [2.24, 2.45) is 17.6 Å². The van der Waals surface area contributed by atoms with Gasteiger partial charge in [-0.1, -0.05) is 6.42 Å². The van der Waals surface area contributed by atoms with E-state index >= 15 is 0 Å². The zero-order chi connectivity index (χ0) is 16.2. The first-order valence-corrected chi connectivity index (χ1v) is 9.45. The fourth-order valence-corrected chi connectivity index (χ4v) is 4.42. The van der Waals surface area contributed by atoms with Gasteiger partial charge in [0.25, 0.3) is 5.91 Å². The van der Waals surface area contributed by atoms with Crippen molar-refractivity contribution in [1.29, 1.82) is 0 Å². The lowest BCUT2D eigenvalue weighted by Gasteiger charge is -2.35. The summed E-state index contributed by atoms with van der Waals surface area (Å²) in [5.41, 5.74) is 6.52. The summed E-state index contributed by atoms with van der Waals surface area (Å²) >= 11 is 1.53. The number of nitrogens with zero attached hydrogens (tertiary/aromatic N) is 1. The van der Waals surface area contributed by atoms with E-state index in [1.165, 1.54) is 11.3 Å². The Morgan fingerprint density at radius 1 is 1.25 bits per heavy atom. The number of piperidine rings is 1. The van der Waals surface area contributed by atoms with Gasteiger partial charge in [-0.25, -0.2) is 0 Å². The van der Waals surface area contributed by atoms with Crippen LogP contribution in [0.25, 0.3) is 0 Å². The van der Waals surface area contributed by atoms with Crippen LogP contribution >= 0.6 is 23.7 Å². The van der Waals surface area contributed by atoms with Gasteiger partial charge in [-0.15, -0.1) is 12.4 Å². The molecule has 1 aromatic heterocycles. The maximum Gasteiger partial charge on any atom is 0.252 e. The van der Waals surface area contributed by atoms with Gasteiger partial charge in [-0.05, 0) is 49.6 Å². The lowest BCUT2D eigenvalue weighted by Crippen LogP contribution is -2.48. The van der Waals surface area contributed by atoms with Crippen LogP contribution in [0.3, 0.4) is 0 Å². The van der Waals surface area contributed by atoms with Crippen LogP contribution in [-0.4, -0.2) is 42.4 Å². The predicted molar refractivity (Wildman–Crippen MR) is 98.5 cm³/mol. The van der Waals surface area contributed by atoms with Gasteiger partial charge < -0.3 is 16.0 Å². The summed E-state index contributed by atoms with van der Waals surface area (Å²) in [6.07, 6.45) is 4.85. The lowest BCUT2D eigenvalue weighted by molar-refractivity contribution is -0.137. The molecule has 2 amide bonds. The molecule has 1 aliphatic carbocycles. The van der Waals surface area contributed by atoms with Crippen LogP contribution < -0.4 is 11.1 Å². The Balaban J connectivity index is 0.00000208. The maximum atomic E-state index is 12.7. The first-order valence-electron chi connectivity index (χ1n) is 8.51. The summed E-state index contributed by atoms with van der Waals surface area (Å²) in [5.74, 6) is 0.756. The van der Waals surface area contributed by atoms with Crippen molar-refractivity contribution in [2.45, 2.75) is 38.1 Å². The molecule has 0 aromatic carbocycles. The van der Waals surface area contributed by atoms with Crippen LogP contribution in [0.1, 0.15) is 42.5 Å². The highest BCUT2D eigenvalue weighted by Gasteiger charge is 2.36. The third-order valence-electron chi connectivity index (χ3n) is 5.20. The minimum absolute atomic E-state index is 0. The third kappa shape index (κ3) is 4.29. The average molecular weight is 372 g/mol. The Hall–Kier alpha value is -1.11. The van der Waals surface area contributed by atoms with Crippen molar-refractivity contribution in [1.82, 2.24) is 10.2 Å². The van der Waals surface area contributed by atoms with E-state index in [0.29, 0.717) is 12.5 Å². The van der Waals surface area contributed by atoms with Crippen LogP contribution in [0.5, 0.6) is 0 Å². The normalized spacial score (nSPS) is 24.5. The molecule has 3 N–H and O–H groups in total. The summed E-state index contributed by atoms with van der Waals surface area (Å²) in [4.78, 5) is 26.7. The largest absolute Gasteiger partial charge is 0.349 e. The van der Waals surface area contributed by atoms with Crippen LogP contribution in [0.2, 0.25) is 0 Å². The highest BCUT2D eigenvalue weighted by molar-refractivity contribution is 7.08. The number of thiophene rings is 1. The zero-order valence-electron chi connectivity index (χ0n) is 13.8. The SMILES string of the molecule is Cl.NC[C@H]1CCC[C@H]1C(=O)N1CCC(NC(=O)c2ccsc2)CC1. The first kappa shape index (κ1) is 19.2. The monoisotopic (exact) mass is 371 g/mol. The summed E-state index contributed by atoms with van der Waals surface area (Å²) < 4.78 is 0. The molecule has 3 rings (SSSR count). The fraction of sp³-hybridized carbons (Fsp3) is 0.647.